The number of carbonyl (C=O) groups is 1. The maximum absolute atomic E-state index is 10.9. The standard InChI is InChI=1S/C27H25N3O2S/c1-16-10-20(3-5-23(16)21-8-9-33-15-21)27-29-26(30-32-27)19-2-6-24-18(13-19)4-7-25(24)28-22-11-17(12-22)14-31/h2-3,5-6,8-10,13-15,17,22,25,28H,4,7,11-12H2,1H3/t17-,22-,25-/m1/s1. The van der Waals surface area contributed by atoms with Gasteiger partial charge in [-0.1, -0.05) is 23.4 Å². The third kappa shape index (κ3) is 3.83. The molecule has 0 unspecified atom stereocenters. The lowest BCUT2D eigenvalue weighted by Crippen LogP contribution is -2.43. The number of thiophene rings is 1. The first-order chi connectivity index (χ1) is 16.2. The van der Waals surface area contributed by atoms with Crippen molar-refractivity contribution in [1.29, 1.82) is 0 Å². The second-order valence-corrected chi connectivity index (χ2v) is 9.98. The van der Waals surface area contributed by atoms with Crippen LogP contribution in [0.2, 0.25) is 0 Å². The van der Waals surface area contributed by atoms with E-state index < -0.39 is 0 Å². The average Bonchev–Trinajstić information content (AvgIpc) is 3.56. The fourth-order valence-corrected chi connectivity index (χ4v) is 5.78. The van der Waals surface area contributed by atoms with Crippen LogP contribution >= 0.6 is 11.3 Å². The Bertz CT molecular complexity index is 1300. The molecule has 0 saturated heterocycles. The van der Waals surface area contributed by atoms with Crippen LogP contribution in [0.4, 0.5) is 0 Å². The number of nitrogens with zero attached hydrogens (tertiary/aromatic N) is 2. The van der Waals surface area contributed by atoms with E-state index in [-0.39, 0.29) is 5.92 Å². The monoisotopic (exact) mass is 455 g/mol. The summed E-state index contributed by atoms with van der Waals surface area (Å²) in [4.78, 5) is 15.6. The topological polar surface area (TPSA) is 68.0 Å². The number of hydrogen-bond acceptors (Lipinski definition) is 6. The summed E-state index contributed by atoms with van der Waals surface area (Å²) in [6.45, 7) is 2.11. The van der Waals surface area contributed by atoms with Crippen molar-refractivity contribution in [3.05, 3.63) is 69.9 Å². The molecule has 0 aliphatic heterocycles. The van der Waals surface area contributed by atoms with E-state index >= 15 is 0 Å². The Kier molecular flexibility index (Phi) is 5.19. The van der Waals surface area contributed by atoms with E-state index in [0.717, 1.165) is 43.1 Å². The molecule has 1 fully saturated rings. The predicted molar refractivity (Wildman–Crippen MR) is 130 cm³/mol. The number of carbonyl (C=O) groups excluding carboxylic acids is 1. The molecule has 166 valence electrons. The van der Waals surface area contributed by atoms with Crippen LogP contribution in [0.3, 0.4) is 0 Å². The van der Waals surface area contributed by atoms with Crippen molar-refractivity contribution in [3.63, 3.8) is 0 Å². The molecule has 1 saturated carbocycles. The van der Waals surface area contributed by atoms with Gasteiger partial charge in [0.2, 0.25) is 5.82 Å². The Labute approximate surface area is 196 Å². The van der Waals surface area contributed by atoms with Crippen LogP contribution < -0.4 is 5.32 Å². The molecule has 2 heterocycles. The molecule has 0 bridgehead atoms. The molecule has 1 atom stereocenters. The largest absolute Gasteiger partial charge is 0.334 e. The fraction of sp³-hybridized carbons (Fsp3) is 0.296. The van der Waals surface area contributed by atoms with Gasteiger partial charge in [-0.2, -0.15) is 16.3 Å². The number of rotatable bonds is 6. The minimum atomic E-state index is 0.244. The predicted octanol–water partition coefficient (Wildman–Crippen LogP) is 5.99. The molecule has 0 spiro atoms. The highest BCUT2D eigenvalue weighted by Gasteiger charge is 2.32. The Morgan fingerprint density at radius 3 is 2.76 bits per heavy atom. The zero-order valence-corrected chi connectivity index (χ0v) is 19.3. The van der Waals surface area contributed by atoms with Crippen LogP contribution in [0.1, 0.15) is 42.0 Å². The van der Waals surface area contributed by atoms with Crippen molar-refractivity contribution in [3.8, 4) is 34.0 Å². The summed E-state index contributed by atoms with van der Waals surface area (Å²) in [7, 11) is 0. The van der Waals surface area contributed by atoms with Crippen LogP contribution in [-0.4, -0.2) is 22.5 Å². The first-order valence-electron chi connectivity index (χ1n) is 11.5. The van der Waals surface area contributed by atoms with E-state index in [0.29, 0.717) is 23.8 Å². The van der Waals surface area contributed by atoms with Gasteiger partial charge in [0, 0.05) is 29.1 Å². The van der Waals surface area contributed by atoms with Gasteiger partial charge in [-0.05, 0) is 95.4 Å². The summed E-state index contributed by atoms with van der Waals surface area (Å²) in [5.74, 6) is 1.41. The molecule has 0 radical (unpaired) electrons. The summed E-state index contributed by atoms with van der Waals surface area (Å²) < 4.78 is 5.63. The molecule has 5 nitrogen and oxygen atoms in total. The summed E-state index contributed by atoms with van der Waals surface area (Å²) in [5.41, 5.74) is 8.28. The van der Waals surface area contributed by atoms with E-state index in [1.807, 2.05) is 6.07 Å². The number of hydrogen-bond donors (Lipinski definition) is 1. The number of aldehydes is 1. The van der Waals surface area contributed by atoms with E-state index in [9.17, 15) is 4.79 Å². The molecule has 1 N–H and O–H groups in total. The zero-order chi connectivity index (χ0) is 22.4. The normalized spacial score (nSPS) is 21.5. The van der Waals surface area contributed by atoms with Crippen molar-refractivity contribution < 1.29 is 9.32 Å². The van der Waals surface area contributed by atoms with Crippen LogP contribution in [0.5, 0.6) is 0 Å². The van der Waals surface area contributed by atoms with Crippen molar-refractivity contribution >= 4 is 17.6 Å². The van der Waals surface area contributed by atoms with Crippen LogP contribution in [0, 0.1) is 12.8 Å². The Morgan fingerprint density at radius 1 is 1.09 bits per heavy atom. The highest BCUT2D eigenvalue weighted by Crippen LogP contribution is 2.37. The highest BCUT2D eigenvalue weighted by atomic mass is 32.1. The molecule has 0 amide bonds. The molecule has 6 rings (SSSR count). The van der Waals surface area contributed by atoms with Gasteiger partial charge >= 0.3 is 0 Å². The fourth-order valence-electron chi connectivity index (χ4n) is 5.12. The van der Waals surface area contributed by atoms with Crippen LogP contribution in [0.15, 0.2) is 57.7 Å². The quantitative estimate of drug-likeness (QED) is 0.362. The summed E-state index contributed by atoms with van der Waals surface area (Å²) in [5, 5.41) is 12.3. The SMILES string of the molecule is Cc1cc(-c2nc(-c3ccc4c(c3)CC[C@H]4N[C@H]3C[C@H](C=O)C3)no2)ccc1-c1ccsc1. The average molecular weight is 456 g/mol. The van der Waals surface area contributed by atoms with Gasteiger partial charge in [-0.3, -0.25) is 0 Å². The van der Waals surface area contributed by atoms with Crippen LogP contribution in [-0.2, 0) is 11.2 Å². The smallest absolute Gasteiger partial charge is 0.258 e. The summed E-state index contributed by atoms with van der Waals surface area (Å²) >= 11 is 1.70. The maximum atomic E-state index is 10.9. The Balaban J connectivity index is 1.20. The number of fused-ring (bicyclic) bond motifs is 1. The third-order valence-corrected chi connectivity index (χ3v) is 7.70. The number of nitrogens with one attached hydrogen (secondary N) is 1. The second kappa shape index (κ2) is 8.36. The molecular formula is C27H25N3O2S. The zero-order valence-electron chi connectivity index (χ0n) is 18.5. The molecule has 2 aliphatic rings. The first kappa shape index (κ1) is 20.5. The van der Waals surface area contributed by atoms with E-state index in [1.165, 1.54) is 27.8 Å². The molecule has 4 aromatic rings. The van der Waals surface area contributed by atoms with Gasteiger partial charge in [-0.15, -0.1) is 0 Å². The lowest BCUT2D eigenvalue weighted by Gasteiger charge is -2.35. The number of aromatic nitrogens is 2. The van der Waals surface area contributed by atoms with Crippen molar-refractivity contribution in [2.75, 3.05) is 0 Å². The number of aryl methyl sites for hydroxylation is 2. The maximum Gasteiger partial charge on any atom is 0.258 e. The summed E-state index contributed by atoms with van der Waals surface area (Å²) in [6, 6.07) is 15.7. The van der Waals surface area contributed by atoms with E-state index in [1.54, 1.807) is 11.3 Å². The molecule has 2 aromatic carbocycles. The lowest BCUT2D eigenvalue weighted by atomic mass is 9.81. The molecule has 2 aromatic heterocycles. The molecule has 33 heavy (non-hydrogen) atoms. The highest BCUT2D eigenvalue weighted by molar-refractivity contribution is 7.08. The minimum Gasteiger partial charge on any atom is -0.334 e. The second-order valence-electron chi connectivity index (χ2n) is 9.20. The summed E-state index contributed by atoms with van der Waals surface area (Å²) in [6.07, 6.45) is 5.15. The Morgan fingerprint density at radius 2 is 1.97 bits per heavy atom. The Hall–Kier alpha value is -3.09. The van der Waals surface area contributed by atoms with Gasteiger partial charge < -0.3 is 14.6 Å². The van der Waals surface area contributed by atoms with E-state index in [4.69, 9.17) is 9.51 Å². The lowest BCUT2D eigenvalue weighted by molar-refractivity contribution is -0.113. The van der Waals surface area contributed by atoms with Gasteiger partial charge in [0.25, 0.3) is 5.89 Å². The van der Waals surface area contributed by atoms with Crippen LogP contribution in [0.25, 0.3) is 34.0 Å². The van der Waals surface area contributed by atoms with Gasteiger partial charge in [0.05, 0.1) is 0 Å². The minimum absolute atomic E-state index is 0.244. The van der Waals surface area contributed by atoms with Crippen molar-refractivity contribution in [2.24, 2.45) is 5.92 Å². The van der Waals surface area contributed by atoms with Gasteiger partial charge in [0.15, 0.2) is 0 Å². The third-order valence-electron chi connectivity index (χ3n) is 7.01. The van der Waals surface area contributed by atoms with Crippen molar-refractivity contribution in [1.82, 2.24) is 15.5 Å². The molecular weight excluding hydrogens is 430 g/mol. The van der Waals surface area contributed by atoms with Crippen molar-refractivity contribution in [2.45, 2.75) is 44.7 Å². The molecule has 6 heteroatoms. The number of benzene rings is 2. The van der Waals surface area contributed by atoms with E-state index in [2.05, 4.69) is 64.6 Å². The molecule has 2 aliphatic carbocycles. The first-order valence-corrected chi connectivity index (χ1v) is 12.4. The van der Waals surface area contributed by atoms with Gasteiger partial charge in [-0.25, -0.2) is 0 Å². The van der Waals surface area contributed by atoms with Gasteiger partial charge in [0.1, 0.15) is 6.29 Å².